The van der Waals surface area contributed by atoms with Gasteiger partial charge < -0.3 is 4.57 Å². The molecule has 1 heterocycles. The summed E-state index contributed by atoms with van der Waals surface area (Å²) in [4.78, 5) is 0. The van der Waals surface area contributed by atoms with Crippen molar-refractivity contribution in [1.82, 2.24) is 4.57 Å². The summed E-state index contributed by atoms with van der Waals surface area (Å²) >= 11 is 0. The summed E-state index contributed by atoms with van der Waals surface area (Å²) in [6, 6.07) is 2.13. The van der Waals surface area contributed by atoms with Crippen LogP contribution in [0.1, 0.15) is 24.6 Å². The van der Waals surface area contributed by atoms with Gasteiger partial charge in [0.25, 0.3) is 0 Å². The molecule has 1 nitrogen and oxygen atoms in total. The van der Waals surface area contributed by atoms with Gasteiger partial charge in [0.15, 0.2) is 0 Å². The Bertz CT molecular complexity index is 245. The van der Waals surface area contributed by atoms with Crippen molar-refractivity contribution in [2.24, 2.45) is 0 Å². The number of rotatable bonds is 3. The SMILES string of the molecule is C=Cn1ccc(C)c1CCC. The molecule has 0 saturated heterocycles. The number of hydrogen-bond donors (Lipinski definition) is 0. The third-order valence-electron chi connectivity index (χ3n) is 1.94. The van der Waals surface area contributed by atoms with E-state index in [0.29, 0.717) is 0 Å². The average molecular weight is 149 g/mol. The molecule has 0 bridgehead atoms. The van der Waals surface area contributed by atoms with Crippen LogP contribution in [0.5, 0.6) is 0 Å². The molecule has 0 aromatic carbocycles. The van der Waals surface area contributed by atoms with Crippen molar-refractivity contribution >= 4 is 6.20 Å². The number of hydrogen-bond acceptors (Lipinski definition) is 0. The van der Waals surface area contributed by atoms with Crippen LogP contribution in [0.2, 0.25) is 0 Å². The quantitative estimate of drug-likeness (QED) is 0.622. The van der Waals surface area contributed by atoms with Crippen molar-refractivity contribution in [1.29, 1.82) is 0 Å². The molecule has 0 amide bonds. The van der Waals surface area contributed by atoms with Gasteiger partial charge in [-0.3, -0.25) is 0 Å². The van der Waals surface area contributed by atoms with Crippen molar-refractivity contribution in [3.63, 3.8) is 0 Å². The fourth-order valence-corrected chi connectivity index (χ4v) is 1.32. The van der Waals surface area contributed by atoms with Crippen LogP contribution >= 0.6 is 0 Å². The molecule has 0 atom stereocenters. The Morgan fingerprint density at radius 3 is 2.91 bits per heavy atom. The smallest absolute Gasteiger partial charge is 0.0249 e. The molecule has 0 saturated carbocycles. The molecule has 0 unspecified atom stereocenters. The number of nitrogens with zero attached hydrogens (tertiary/aromatic N) is 1. The van der Waals surface area contributed by atoms with Gasteiger partial charge >= 0.3 is 0 Å². The highest BCUT2D eigenvalue weighted by molar-refractivity contribution is 5.31. The molecule has 11 heavy (non-hydrogen) atoms. The minimum Gasteiger partial charge on any atom is -0.328 e. The lowest BCUT2D eigenvalue weighted by molar-refractivity contribution is 0.853. The van der Waals surface area contributed by atoms with E-state index in [1.165, 1.54) is 17.7 Å². The summed E-state index contributed by atoms with van der Waals surface area (Å²) in [5.41, 5.74) is 2.76. The first-order valence-electron chi connectivity index (χ1n) is 4.08. The maximum Gasteiger partial charge on any atom is 0.0249 e. The lowest BCUT2D eigenvalue weighted by Gasteiger charge is -2.02. The summed E-state index contributed by atoms with van der Waals surface area (Å²) in [7, 11) is 0. The molecule has 60 valence electrons. The molecule has 1 rings (SSSR count). The van der Waals surface area contributed by atoms with Gasteiger partial charge in [0.05, 0.1) is 0 Å². The minimum atomic E-state index is 1.14. The minimum absolute atomic E-state index is 1.14. The normalized spacial score (nSPS) is 10.0. The highest BCUT2D eigenvalue weighted by Crippen LogP contribution is 2.11. The zero-order valence-corrected chi connectivity index (χ0v) is 7.30. The highest BCUT2D eigenvalue weighted by Gasteiger charge is 2.00. The Balaban J connectivity index is 2.97. The molecule has 1 aromatic heterocycles. The van der Waals surface area contributed by atoms with Gasteiger partial charge in [-0.2, -0.15) is 0 Å². The molecular weight excluding hydrogens is 134 g/mol. The molecule has 0 aliphatic heterocycles. The van der Waals surface area contributed by atoms with Gasteiger partial charge in [0.2, 0.25) is 0 Å². The van der Waals surface area contributed by atoms with Crippen LogP contribution in [0.3, 0.4) is 0 Å². The van der Waals surface area contributed by atoms with Crippen molar-refractivity contribution in [3.8, 4) is 0 Å². The Labute approximate surface area is 68.4 Å². The Morgan fingerprint density at radius 1 is 1.64 bits per heavy atom. The largest absolute Gasteiger partial charge is 0.328 e. The van der Waals surface area contributed by atoms with Crippen LogP contribution in [0.25, 0.3) is 6.20 Å². The fourth-order valence-electron chi connectivity index (χ4n) is 1.32. The fraction of sp³-hybridized carbons (Fsp3) is 0.400. The van der Waals surface area contributed by atoms with Gasteiger partial charge in [-0.25, -0.2) is 0 Å². The Hall–Kier alpha value is -0.980. The van der Waals surface area contributed by atoms with Crippen molar-refractivity contribution < 1.29 is 0 Å². The van der Waals surface area contributed by atoms with Crippen LogP contribution in [0.4, 0.5) is 0 Å². The lowest BCUT2D eigenvalue weighted by Crippen LogP contribution is -1.94. The van der Waals surface area contributed by atoms with Crippen molar-refractivity contribution in [2.75, 3.05) is 0 Å². The zero-order valence-electron chi connectivity index (χ0n) is 7.30. The maximum atomic E-state index is 3.75. The third kappa shape index (κ3) is 1.53. The molecule has 0 fully saturated rings. The first-order valence-corrected chi connectivity index (χ1v) is 4.08. The van der Waals surface area contributed by atoms with Crippen LogP contribution in [-0.2, 0) is 6.42 Å². The van der Waals surface area contributed by atoms with E-state index in [1.807, 2.05) is 6.20 Å². The molecule has 0 aliphatic carbocycles. The molecule has 0 spiro atoms. The predicted octanol–water partition coefficient (Wildman–Crippen LogP) is 2.85. The van der Waals surface area contributed by atoms with E-state index < -0.39 is 0 Å². The van der Waals surface area contributed by atoms with Crippen LogP contribution in [-0.4, -0.2) is 4.57 Å². The van der Waals surface area contributed by atoms with Gasteiger partial charge in [0, 0.05) is 18.1 Å². The summed E-state index contributed by atoms with van der Waals surface area (Å²) in [6.07, 6.45) is 6.26. The summed E-state index contributed by atoms with van der Waals surface area (Å²) < 4.78 is 2.10. The number of aromatic nitrogens is 1. The second-order valence-corrected chi connectivity index (χ2v) is 2.79. The molecular formula is C10H15N. The topological polar surface area (TPSA) is 4.93 Å². The number of aryl methyl sites for hydroxylation is 1. The lowest BCUT2D eigenvalue weighted by atomic mass is 10.2. The van der Waals surface area contributed by atoms with E-state index in [4.69, 9.17) is 0 Å². The first kappa shape index (κ1) is 8.12. The van der Waals surface area contributed by atoms with Gasteiger partial charge in [-0.05, 0) is 25.0 Å². The molecule has 1 heteroatoms. The zero-order chi connectivity index (χ0) is 8.27. The molecule has 0 aliphatic rings. The van der Waals surface area contributed by atoms with E-state index in [2.05, 4.69) is 37.3 Å². The van der Waals surface area contributed by atoms with E-state index in [9.17, 15) is 0 Å². The monoisotopic (exact) mass is 149 g/mol. The van der Waals surface area contributed by atoms with Crippen molar-refractivity contribution in [3.05, 3.63) is 30.1 Å². The van der Waals surface area contributed by atoms with E-state index in [-0.39, 0.29) is 0 Å². The summed E-state index contributed by atoms with van der Waals surface area (Å²) in [5, 5.41) is 0. The molecule has 0 radical (unpaired) electrons. The van der Waals surface area contributed by atoms with Crippen LogP contribution in [0, 0.1) is 6.92 Å². The van der Waals surface area contributed by atoms with E-state index in [0.717, 1.165) is 6.42 Å². The van der Waals surface area contributed by atoms with Crippen LogP contribution < -0.4 is 0 Å². The van der Waals surface area contributed by atoms with Gasteiger partial charge in [-0.15, -0.1) is 0 Å². The third-order valence-corrected chi connectivity index (χ3v) is 1.94. The average Bonchev–Trinajstić information content (AvgIpc) is 2.34. The van der Waals surface area contributed by atoms with Crippen molar-refractivity contribution in [2.45, 2.75) is 26.7 Å². The molecule has 0 N–H and O–H groups in total. The first-order chi connectivity index (χ1) is 5.29. The van der Waals surface area contributed by atoms with E-state index in [1.54, 1.807) is 0 Å². The standard InChI is InChI=1S/C10H15N/c1-4-6-10-9(3)7-8-11(10)5-2/h5,7-8H,2,4,6H2,1,3H3. The second-order valence-electron chi connectivity index (χ2n) is 2.79. The van der Waals surface area contributed by atoms with Gasteiger partial charge in [0.1, 0.15) is 0 Å². The second kappa shape index (κ2) is 3.42. The Morgan fingerprint density at radius 2 is 2.36 bits per heavy atom. The summed E-state index contributed by atoms with van der Waals surface area (Å²) in [5.74, 6) is 0. The Kier molecular flexibility index (Phi) is 2.53. The summed E-state index contributed by atoms with van der Waals surface area (Å²) in [6.45, 7) is 8.09. The van der Waals surface area contributed by atoms with E-state index >= 15 is 0 Å². The van der Waals surface area contributed by atoms with Gasteiger partial charge in [-0.1, -0.05) is 19.9 Å². The predicted molar refractivity (Wildman–Crippen MR) is 49.6 cm³/mol. The highest BCUT2D eigenvalue weighted by atomic mass is 14.9. The van der Waals surface area contributed by atoms with Crippen LogP contribution in [0.15, 0.2) is 18.8 Å². The maximum absolute atomic E-state index is 3.75. The molecule has 1 aromatic rings.